The van der Waals surface area contributed by atoms with E-state index in [4.69, 9.17) is 4.74 Å². The first-order chi connectivity index (χ1) is 10.3. The maximum atomic E-state index is 12.5. The quantitative estimate of drug-likeness (QED) is 0.830. The molecule has 2 saturated carbocycles. The number of amides is 1. The second-order valence-corrected chi connectivity index (χ2v) is 6.83. The summed E-state index contributed by atoms with van der Waals surface area (Å²) in [7, 11) is 0. The Balaban J connectivity index is 1.45. The number of nitrogens with zero attached hydrogens (tertiary/aromatic N) is 3. The van der Waals surface area contributed by atoms with Crippen LogP contribution in [-0.2, 0) is 22.6 Å². The molecule has 0 aromatic carbocycles. The maximum Gasteiger partial charge on any atom is 0.223 e. The second-order valence-electron chi connectivity index (χ2n) is 6.83. The Labute approximate surface area is 125 Å². The third-order valence-electron chi connectivity index (χ3n) is 4.74. The van der Waals surface area contributed by atoms with E-state index in [-0.39, 0.29) is 12.0 Å². The zero-order valence-corrected chi connectivity index (χ0v) is 12.4. The number of hydrogen-bond donors (Lipinski definition) is 0. The summed E-state index contributed by atoms with van der Waals surface area (Å²) < 4.78 is 8.06. The monoisotopic (exact) mass is 289 g/mol. The Morgan fingerprint density at radius 1 is 1.24 bits per heavy atom. The summed E-state index contributed by atoms with van der Waals surface area (Å²) in [5, 5.41) is 4.38. The van der Waals surface area contributed by atoms with E-state index in [9.17, 15) is 4.79 Å². The minimum atomic E-state index is 0.0786. The molecule has 0 saturated heterocycles. The minimum absolute atomic E-state index is 0.0786. The van der Waals surface area contributed by atoms with Crippen LogP contribution in [0.3, 0.4) is 0 Å². The molecule has 2 aliphatic carbocycles. The molecule has 2 fully saturated rings. The molecule has 1 aromatic rings. The highest BCUT2D eigenvalue weighted by Gasteiger charge is 2.31. The number of aromatic nitrogens is 2. The summed E-state index contributed by atoms with van der Waals surface area (Å²) in [5.74, 6) is 1.67. The van der Waals surface area contributed by atoms with Gasteiger partial charge in [0.05, 0.1) is 24.9 Å². The molecule has 1 aliphatic heterocycles. The van der Waals surface area contributed by atoms with E-state index in [1.807, 2.05) is 21.8 Å². The van der Waals surface area contributed by atoms with Crippen LogP contribution in [0, 0.1) is 11.8 Å². The van der Waals surface area contributed by atoms with Gasteiger partial charge in [-0.15, -0.1) is 0 Å². The van der Waals surface area contributed by atoms with E-state index >= 15 is 0 Å². The van der Waals surface area contributed by atoms with Crippen LogP contribution in [0.5, 0.6) is 0 Å². The Bertz CT molecular complexity index is 519. The van der Waals surface area contributed by atoms with Crippen LogP contribution in [0.15, 0.2) is 12.3 Å². The van der Waals surface area contributed by atoms with Gasteiger partial charge in [-0.2, -0.15) is 5.10 Å². The van der Waals surface area contributed by atoms with E-state index in [0.29, 0.717) is 25.4 Å². The fourth-order valence-corrected chi connectivity index (χ4v) is 2.97. The lowest BCUT2D eigenvalue weighted by Crippen LogP contribution is -2.37. The van der Waals surface area contributed by atoms with Crippen LogP contribution in [0.1, 0.15) is 37.8 Å². The third-order valence-corrected chi connectivity index (χ3v) is 4.74. The summed E-state index contributed by atoms with van der Waals surface area (Å²) in [6, 6.07) is 2.01. The predicted molar refractivity (Wildman–Crippen MR) is 77.4 cm³/mol. The number of fused-ring (bicyclic) bond motifs is 1. The fraction of sp³-hybridized carbons (Fsp3) is 0.750. The second kappa shape index (κ2) is 5.44. The lowest BCUT2D eigenvalue weighted by atomic mass is 10.2. The van der Waals surface area contributed by atoms with Gasteiger partial charge < -0.3 is 9.64 Å². The molecule has 4 rings (SSSR count). The highest BCUT2D eigenvalue weighted by molar-refractivity contribution is 5.76. The molecule has 1 amide bonds. The van der Waals surface area contributed by atoms with Gasteiger partial charge in [0, 0.05) is 25.8 Å². The van der Waals surface area contributed by atoms with Crippen LogP contribution in [-0.4, -0.2) is 39.8 Å². The van der Waals surface area contributed by atoms with Crippen LogP contribution in [0.25, 0.3) is 0 Å². The Hall–Kier alpha value is -1.36. The first-order valence-electron chi connectivity index (χ1n) is 8.18. The zero-order valence-electron chi connectivity index (χ0n) is 12.4. The standard InChI is InChI=1S/C16H23N3O2/c20-16(7-12-1-2-12)18-8-14-5-6-17-19(14)10-15(9-18)21-11-13-3-4-13/h5-6,12-13,15H,1-4,7-11H2/t15-/m1/s1. The lowest BCUT2D eigenvalue weighted by molar-refractivity contribution is -0.134. The molecule has 0 radical (unpaired) electrons. The van der Waals surface area contributed by atoms with E-state index in [0.717, 1.165) is 24.8 Å². The minimum Gasteiger partial charge on any atom is -0.374 e. The van der Waals surface area contributed by atoms with Gasteiger partial charge in [-0.3, -0.25) is 9.48 Å². The molecule has 2 heterocycles. The lowest BCUT2D eigenvalue weighted by Gasteiger charge is -2.24. The van der Waals surface area contributed by atoms with Crippen molar-refractivity contribution in [3.8, 4) is 0 Å². The van der Waals surface area contributed by atoms with Crippen molar-refractivity contribution < 1.29 is 9.53 Å². The van der Waals surface area contributed by atoms with Gasteiger partial charge in [0.25, 0.3) is 0 Å². The van der Waals surface area contributed by atoms with Gasteiger partial charge in [0.2, 0.25) is 5.91 Å². The van der Waals surface area contributed by atoms with Gasteiger partial charge in [-0.25, -0.2) is 0 Å². The zero-order chi connectivity index (χ0) is 14.2. The van der Waals surface area contributed by atoms with Crippen molar-refractivity contribution in [2.24, 2.45) is 11.8 Å². The van der Waals surface area contributed by atoms with Crippen LogP contribution >= 0.6 is 0 Å². The number of rotatable bonds is 5. The maximum absolute atomic E-state index is 12.5. The molecule has 0 N–H and O–H groups in total. The molecule has 5 nitrogen and oxygen atoms in total. The number of carbonyl (C=O) groups is 1. The van der Waals surface area contributed by atoms with Gasteiger partial charge in [0.1, 0.15) is 0 Å². The van der Waals surface area contributed by atoms with Crippen LogP contribution in [0.4, 0.5) is 0 Å². The van der Waals surface area contributed by atoms with Gasteiger partial charge >= 0.3 is 0 Å². The molecule has 0 unspecified atom stereocenters. The molecule has 3 aliphatic rings. The van der Waals surface area contributed by atoms with Crippen molar-refractivity contribution in [3.05, 3.63) is 18.0 Å². The summed E-state index contributed by atoms with van der Waals surface area (Å²) in [4.78, 5) is 14.5. The van der Waals surface area contributed by atoms with E-state index in [1.165, 1.54) is 25.7 Å². The van der Waals surface area contributed by atoms with Crippen molar-refractivity contribution in [1.29, 1.82) is 0 Å². The molecule has 114 valence electrons. The Morgan fingerprint density at radius 3 is 2.81 bits per heavy atom. The first-order valence-corrected chi connectivity index (χ1v) is 8.18. The molecule has 1 atom stereocenters. The molecular weight excluding hydrogens is 266 g/mol. The van der Waals surface area contributed by atoms with Gasteiger partial charge in [0.15, 0.2) is 0 Å². The molecule has 1 aromatic heterocycles. The Morgan fingerprint density at radius 2 is 2.05 bits per heavy atom. The largest absolute Gasteiger partial charge is 0.374 e. The first kappa shape index (κ1) is 13.3. The summed E-state index contributed by atoms with van der Waals surface area (Å²) in [6.45, 7) is 2.99. The van der Waals surface area contributed by atoms with Crippen LogP contribution < -0.4 is 0 Å². The molecule has 0 bridgehead atoms. The summed E-state index contributed by atoms with van der Waals surface area (Å²) in [6.07, 6.45) is 7.65. The Kier molecular flexibility index (Phi) is 3.45. The molecule has 0 spiro atoms. The number of carbonyl (C=O) groups excluding carboxylic acids is 1. The number of hydrogen-bond acceptors (Lipinski definition) is 3. The molecular formula is C16H23N3O2. The molecule has 5 heteroatoms. The fourth-order valence-electron chi connectivity index (χ4n) is 2.97. The summed E-state index contributed by atoms with van der Waals surface area (Å²) >= 11 is 0. The highest BCUT2D eigenvalue weighted by atomic mass is 16.5. The third kappa shape index (κ3) is 3.28. The normalized spacial score (nSPS) is 25.5. The average molecular weight is 289 g/mol. The smallest absolute Gasteiger partial charge is 0.223 e. The van der Waals surface area contributed by atoms with Gasteiger partial charge in [-0.1, -0.05) is 0 Å². The SMILES string of the molecule is O=C(CC1CC1)N1Cc2ccnn2C[C@H](OCC2CC2)C1. The predicted octanol–water partition coefficient (Wildman–Crippen LogP) is 1.82. The van der Waals surface area contributed by atoms with Crippen LogP contribution in [0.2, 0.25) is 0 Å². The topological polar surface area (TPSA) is 47.4 Å². The van der Waals surface area contributed by atoms with Crippen molar-refractivity contribution in [2.75, 3.05) is 13.2 Å². The molecule has 21 heavy (non-hydrogen) atoms. The number of ether oxygens (including phenoxy) is 1. The van der Waals surface area contributed by atoms with E-state index in [1.54, 1.807) is 0 Å². The van der Waals surface area contributed by atoms with Crippen molar-refractivity contribution in [1.82, 2.24) is 14.7 Å². The average Bonchev–Trinajstić information content (AvgIpc) is 3.37. The van der Waals surface area contributed by atoms with Crippen molar-refractivity contribution in [3.63, 3.8) is 0 Å². The summed E-state index contributed by atoms with van der Waals surface area (Å²) in [5.41, 5.74) is 1.12. The van der Waals surface area contributed by atoms with Crippen molar-refractivity contribution in [2.45, 2.75) is 51.3 Å². The van der Waals surface area contributed by atoms with Crippen molar-refractivity contribution >= 4 is 5.91 Å². The van der Waals surface area contributed by atoms with Gasteiger partial charge in [-0.05, 0) is 43.6 Å². The van der Waals surface area contributed by atoms with E-state index < -0.39 is 0 Å². The highest BCUT2D eigenvalue weighted by Crippen LogP contribution is 2.33. The van der Waals surface area contributed by atoms with E-state index in [2.05, 4.69) is 5.10 Å².